The topological polar surface area (TPSA) is 72.5 Å². The Balaban J connectivity index is 1.90. The van der Waals surface area contributed by atoms with Gasteiger partial charge in [0.2, 0.25) is 0 Å². The van der Waals surface area contributed by atoms with E-state index in [9.17, 15) is 14.4 Å². The summed E-state index contributed by atoms with van der Waals surface area (Å²) in [4.78, 5) is 34.2. The fourth-order valence-corrected chi connectivity index (χ4v) is 2.09. The number of ether oxygens (including phenoxy) is 1. The van der Waals surface area contributed by atoms with Crippen LogP contribution in [-0.2, 0) is 9.53 Å². The summed E-state index contributed by atoms with van der Waals surface area (Å²) in [5.74, 6) is -1.08. The van der Waals surface area contributed by atoms with Crippen LogP contribution in [0.3, 0.4) is 0 Å². The maximum atomic E-state index is 11.8. The highest BCUT2D eigenvalue weighted by Crippen LogP contribution is 2.19. The van der Waals surface area contributed by atoms with E-state index in [1.54, 1.807) is 18.2 Å². The summed E-state index contributed by atoms with van der Waals surface area (Å²) in [6.07, 6.45) is 0.678. The van der Waals surface area contributed by atoms with Gasteiger partial charge in [0.05, 0.1) is 5.56 Å². The van der Waals surface area contributed by atoms with Gasteiger partial charge in [0.15, 0.2) is 6.61 Å². The number of benzene rings is 2. The lowest BCUT2D eigenvalue weighted by atomic mass is 10.1. The molecule has 5 nitrogen and oxygen atoms in total. The summed E-state index contributed by atoms with van der Waals surface area (Å²) in [6.45, 7) is 1.40. The van der Waals surface area contributed by atoms with Gasteiger partial charge in [0, 0.05) is 16.3 Å². The molecule has 0 fully saturated rings. The van der Waals surface area contributed by atoms with Gasteiger partial charge in [-0.1, -0.05) is 23.7 Å². The smallest absolute Gasteiger partial charge is 0.338 e. The molecule has 23 heavy (non-hydrogen) atoms. The van der Waals surface area contributed by atoms with Crippen LogP contribution in [0.15, 0.2) is 42.5 Å². The normalized spacial score (nSPS) is 10.0. The third kappa shape index (κ3) is 4.66. The highest BCUT2D eigenvalue weighted by molar-refractivity contribution is 6.30. The number of amides is 1. The predicted molar refractivity (Wildman–Crippen MR) is 86.9 cm³/mol. The minimum atomic E-state index is -0.634. The predicted octanol–water partition coefficient (Wildman–Crippen LogP) is 3.26. The van der Waals surface area contributed by atoms with Crippen molar-refractivity contribution in [2.45, 2.75) is 6.92 Å². The van der Waals surface area contributed by atoms with Gasteiger partial charge in [-0.15, -0.1) is 0 Å². The Morgan fingerprint density at radius 2 is 1.87 bits per heavy atom. The number of hydrogen-bond donors (Lipinski definition) is 1. The highest BCUT2D eigenvalue weighted by Gasteiger charge is 2.11. The van der Waals surface area contributed by atoms with Gasteiger partial charge in [-0.2, -0.15) is 0 Å². The number of carbonyl (C=O) groups is 3. The zero-order valence-electron chi connectivity index (χ0n) is 12.3. The van der Waals surface area contributed by atoms with Crippen LogP contribution in [0.25, 0.3) is 0 Å². The molecular weight excluding hydrogens is 318 g/mol. The van der Waals surface area contributed by atoms with E-state index < -0.39 is 18.5 Å². The first kappa shape index (κ1) is 16.7. The number of aldehydes is 1. The van der Waals surface area contributed by atoms with E-state index in [4.69, 9.17) is 16.3 Å². The van der Waals surface area contributed by atoms with E-state index in [2.05, 4.69) is 5.32 Å². The van der Waals surface area contributed by atoms with Crippen molar-refractivity contribution in [3.8, 4) is 0 Å². The molecule has 0 heterocycles. The van der Waals surface area contributed by atoms with Crippen molar-refractivity contribution in [3.05, 3.63) is 64.2 Å². The van der Waals surface area contributed by atoms with Crippen molar-refractivity contribution in [2.75, 3.05) is 11.9 Å². The average Bonchev–Trinajstić information content (AvgIpc) is 2.55. The van der Waals surface area contributed by atoms with Gasteiger partial charge in [-0.05, 0) is 42.8 Å². The third-order valence-electron chi connectivity index (χ3n) is 3.08. The molecule has 0 aromatic heterocycles. The average molecular weight is 332 g/mol. The second kappa shape index (κ2) is 7.56. The van der Waals surface area contributed by atoms with E-state index >= 15 is 0 Å². The molecule has 0 aliphatic carbocycles. The van der Waals surface area contributed by atoms with Crippen LogP contribution in [0.2, 0.25) is 5.02 Å². The molecule has 2 aromatic carbocycles. The molecule has 1 N–H and O–H groups in total. The highest BCUT2D eigenvalue weighted by atomic mass is 35.5. The Labute approximate surface area is 138 Å². The minimum Gasteiger partial charge on any atom is -0.452 e. The quantitative estimate of drug-likeness (QED) is 0.674. The van der Waals surface area contributed by atoms with Crippen LogP contribution in [0.1, 0.15) is 26.3 Å². The number of rotatable bonds is 5. The molecule has 2 rings (SSSR count). The molecular formula is C17H14ClNO4. The van der Waals surface area contributed by atoms with E-state index in [-0.39, 0.29) is 5.56 Å². The Bertz CT molecular complexity index is 741. The van der Waals surface area contributed by atoms with Gasteiger partial charge < -0.3 is 10.1 Å². The molecule has 118 valence electrons. The third-order valence-corrected chi connectivity index (χ3v) is 3.31. The second-order valence-corrected chi connectivity index (χ2v) is 5.26. The van der Waals surface area contributed by atoms with Crippen LogP contribution in [-0.4, -0.2) is 24.8 Å². The lowest BCUT2D eigenvalue weighted by Crippen LogP contribution is -2.21. The van der Waals surface area contributed by atoms with Gasteiger partial charge >= 0.3 is 5.97 Å². The summed E-state index contributed by atoms with van der Waals surface area (Å²) < 4.78 is 4.93. The Morgan fingerprint density at radius 3 is 2.48 bits per heavy atom. The molecule has 0 aliphatic rings. The summed E-state index contributed by atoms with van der Waals surface area (Å²) in [6, 6.07) is 11.0. The first-order valence-corrected chi connectivity index (χ1v) is 7.16. The summed E-state index contributed by atoms with van der Waals surface area (Å²) in [5.41, 5.74) is 2.14. The zero-order valence-corrected chi connectivity index (χ0v) is 13.1. The zero-order chi connectivity index (χ0) is 16.8. The summed E-state index contributed by atoms with van der Waals surface area (Å²) in [7, 11) is 0. The second-order valence-electron chi connectivity index (χ2n) is 4.82. The van der Waals surface area contributed by atoms with Crippen molar-refractivity contribution < 1.29 is 19.1 Å². The van der Waals surface area contributed by atoms with Crippen molar-refractivity contribution in [1.29, 1.82) is 0 Å². The van der Waals surface area contributed by atoms with Crippen LogP contribution >= 0.6 is 11.6 Å². The molecule has 2 aromatic rings. The lowest BCUT2D eigenvalue weighted by molar-refractivity contribution is -0.119. The lowest BCUT2D eigenvalue weighted by Gasteiger charge is -2.09. The summed E-state index contributed by atoms with van der Waals surface area (Å²) in [5, 5.41) is 3.22. The van der Waals surface area contributed by atoms with Gasteiger partial charge in [0.25, 0.3) is 5.91 Å². The first-order chi connectivity index (χ1) is 11.0. The molecule has 0 saturated heterocycles. The number of esters is 1. The van der Waals surface area contributed by atoms with Crippen LogP contribution < -0.4 is 5.32 Å². The van der Waals surface area contributed by atoms with Crippen molar-refractivity contribution in [2.24, 2.45) is 0 Å². The molecule has 0 atom stereocenters. The van der Waals surface area contributed by atoms with Crippen molar-refractivity contribution in [3.63, 3.8) is 0 Å². The number of halogens is 1. The Morgan fingerprint density at radius 1 is 1.17 bits per heavy atom. The van der Waals surface area contributed by atoms with E-state index in [1.165, 1.54) is 24.3 Å². The molecule has 0 radical (unpaired) electrons. The standard InChI is InChI=1S/C17H14ClNO4/c1-11-8-14(18)6-7-15(11)19-16(21)10-23-17(22)13-4-2-12(9-20)3-5-13/h2-9H,10H2,1H3,(H,19,21). The van der Waals surface area contributed by atoms with Crippen molar-refractivity contribution in [1.82, 2.24) is 0 Å². The maximum absolute atomic E-state index is 11.8. The monoisotopic (exact) mass is 331 g/mol. The molecule has 1 amide bonds. The Kier molecular flexibility index (Phi) is 5.49. The first-order valence-electron chi connectivity index (χ1n) is 6.78. The minimum absolute atomic E-state index is 0.270. The van der Waals surface area contributed by atoms with Gasteiger partial charge in [-0.25, -0.2) is 4.79 Å². The summed E-state index contributed by atoms with van der Waals surface area (Å²) >= 11 is 5.84. The number of anilines is 1. The largest absolute Gasteiger partial charge is 0.452 e. The molecule has 0 saturated carbocycles. The number of carbonyl (C=O) groups excluding carboxylic acids is 3. The van der Waals surface area contributed by atoms with E-state index in [1.807, 2.05) is 6.92 Å². The van der Waals surface area contributed by atoms with Gasteiger partial charge in [0.1, 0.15) is 6.29 Å². The van der Waals surface area contributed by atoms with E-state index in [0.29, 0.717) is 22.6 Å². The van der Waals surface area contributed by atoms with Crippen LogP contribution in [0.5, 0.6) is 0 Å². The Hall–Kier alpha value is -2.66. The number of hydrogen-bond acceptors (Lipinski definition) is 4. The fourth-order valence-electron chi connectivity index (χ4n) is 1.87. The fraction of sp³-hybridized carbons (Fsp3) is 0.118. The van der Waals surface area contributed by atoms with Crippen LogP contribution in [0.4, 0.5) is 5.69 Å². The van der Waals surface area contributed by atoms with E-state index in [0.717, 1.165) is 5.56 Å². The molecule has 6 heteroatoms. The molecule has 0 spiro atoms. The number of aryl methyl sites for hydroxylation is 1. The maximum Gasteiger partial charge on any atom is 0.338 e. The number of nitrogens with one attached hydrogen (secondary N) is 1. The molecule has 0 bridgehead atoms. The molecule has 0 unspecified atom stereocenters. The van der Waals surface area contributed by atoms with Crippen LogP contribution in [0, 0.1) is 6.92 Å². The van der Waals surface area contributed by atoms with Crippen molar-refractivity contribution >= 4 is 35.5 Å². The van der Waals surface area contributed by atoms with Gasteiger partial charge in [-0.3, -0.25) is 9.59 Å². The SMILES string of the molecule is Cc1cc(Cl)ccc1NC(=O)COC(=O)c1ccc(C=O)cc1. The molecule has 0 aliphatic heterocycles.